The van der Waals surface area contributed by atoms with Gasteiger partial charge in [-0.2, -0.15) is 0 Å². The van der Waals surface area contributed by atoms with E-state index < -0.39 is 10.1 Å². The van der Waals surface area contributed by atoms with Crippen molar-refractivity contribution in [2.75, 3.05) is 0 Å². The van der Waals surface area contributed by atoms with Gasteiger partial charge in [0.15, 0.2) is 0 Å². The first-order chi connectivity index (χ1) is 14.4. The Morgan fingerprint density at radius 2 is 1.47 bits per heavy atom. The van der Waals surface area contributed by atoms with E-state index in [1.54, 1.807) is 18.2 Å². The van der Waals surface area contributed by atoms with E-state index in [0.717, 1.165) is 19.4 Å². The van der Waals surface area contributed by atoms with Gasteiger partial charge in [-0.15, -0.1) is 0 Å². The molecule has 0 saturated heterocycles. The van der Waals surface area contributed by atoms with Crippen LogP contribution >= 0.6 is 0 Å². The van der Waals surface area contributed by atoms with Gasteiger partial charge in [0.05, 0.1) is 18.5 Å². The zero-order valence-electron chi connectivity index (χ0n) is 19.1. The summed E-state index contributed by atoms with van der Waals surface area (Å²) in [4.78, 5) is -0.0501. The van der Waals surface area contributed by atoms with Crippen LogP contribution in [-0.2, 0) is 30.1 Å². The lowest BCUT2D eigenvalue weighted by Crippen LogP contribution is -2.23. The van der Waals surface area contributed by atoms with Crippen molar-refractivity contribution >= 4 is 10.1 Å². The summed E-state index contributed by atoms with van der Waals surface area (Å²) >= 11 is 0. The predicted molar refractivity (Wildman–Crippen MR) is 121 cm³/mol. The molecule has 0 N–H and O–H groups in total. The van der Waals surface area contributed by atoms with Gasteiger partial charge in [0.1, 0.15) is 22.5 Å². The molecule has 0 atom stereocenters. The van der Waals surface area contributed by atoms with Crippen molar-refractivity contribution in [1.29, 1.82) is 0 Å². The molecule has 0 radical (unpaired) electrons. The summed E-state index contributed by atoms with van der Waals surface area (Å²) in [6, 6.07) is 6.56. The molecule has 1 aromatic carbocycles. The first-order valence-electron chi connectivity index (χ1n) is 11.4. The van der Waals surface area contributed by atoms with Crippen LogP contribution in [0, 0.1) is 0 Å². The maximum atomic E-state index is 11.2. The fraction of sp³-hybridized carbons (Fsp3) is 0.625. The molecule has 2 rings (SSSR count). The van der Waals surface area contributed by atoms with Crippen molar-refractivity contribution in [1.82, 2.24) is 4.57 Å². The molecule has 0 spiro atoms. The van der Waals surface area contributed by atoms with E-state index in [2.05, 4.69) is 30.9 Å². The van der Waals surface area contributed by atoms with Crippen LogP contribution in [0.3, 0.4) is 0 Å². The van der Waals surface area contributed by atoms with Gasteiger partial charge < -0.3 is 4.55 Å². The van der Waals surface area contributed by atoms with Crippen molar-refractivity contribution < 1.29 is 17.5 Å². The van der Waals surface area contributed by atoms with Crippen molar-refractivity contribution in [3.63, 3.8) is 0 Å². The van der Waals surface area contributed by atoms with Gasteiger partial charge in [-0.3, -0.25) is 0 Å². The standard InChI is InChI=1S/C18H30O3S.C6H11N2/c1-2-3-4-5-6-7-8-9-10-11-14-17-15-12-13-16-18(17)22(19,20)21;1-3-8-5-4-7(2)6-8/h12-13,15-16H,2-11,14H2,1H3,(H,19,20,21);4-6H,3H2,1-2H3/q;+1/p-1. The van der Waals surface area contributed by atoms with Crippen LogP contribution in [0.15, 0.2) is 47.9 Å². The number of aryl methyl sites for hydroxylation is 3. The number of imidazole rings is 1. The van der Waals surface area contributed by atoms with Gasteiger partial charge in [-0.05, 0) is 31.4 Å². The molecule has 5 nitrogen and oxygen atoms in total. The fourth-order valence-electron chi connectivity index (χ4n) is 3.45. The van der Waals surface area contributed by atoms with E-state index in [0.29, 0.717) is 12.0 Å². The highest BCUT2D eigenvalue weighted by Crippen LogP contribution is 2.18. The highest BCUT2D eigenvalue weighted by Gasteiger charge is 2.07. The molecular weight excluding hydrogens is 396 g/mol. The van der Waals surface area contributed by atoms with Crippen LogP contribution in [0.4, 0.5) is 0 Å². The third-order valence-corrected chi connectivity index (χ3v) is 6.17. The second kappa shape index (κ2) is 15.2. The lowest BCUT2D eigenvalue weighted by Gasteiger charge is -2.12. The topological polar surface area (TPSA) is 66.0 Å². The van der Waals surface area contributed by atoms with E-state index in [9.17, 15) is 13.0 Å². The molecule has 30 heavy (non-hydrogen) atoms. The lowest BCUT2D eigenvalue weighted by molar-refractivity contribution is -0.671. The number of rotatable bonds is 13. The molecular formula is C24H40N2O3S. The Morgan fingerprint density at radius 3 is 1.93 bits per heavy atom. The number of nitrogens with zero attached hydrogens (tertiary/aromatic N) is 2. The van der Waals surface area contributed by atoms with Crippen molar-refractivity contribution in [2.24, 2.45) is 7.05 Å². The Labute approximate surface area is 183 Å². The van der Waals surface area contributed by atoms with E-state index in [1.807, 2.05) is 17.8 Å². The van der Waals surface area contributed by atoms with E-state index in [-0.39, 0.29) is 4.90 Å². The highest BCUT2D eigenvalue weighted by molar-refractivity contribution is 7.85. The summed E-state index contributed by atoms with van der Waals surface area (Å²) in [5.41, 5.74) is 0.664. The smallest absolute Gasteiger partial charge is 0.243 e. The number of aromatic nitrogens is 2. The molecule has 0 unspecified atom stereocenters. The van der Waals surface area contributed by atoms with Crippen LogP contribution in [0.5, 0.6) is 0 Å². The summed E-state index contributed by atoms with van der Waals surface area (Å²) in [5.74, 6) is 0. The molecule has 1 aromatic heterocycles. The van der Waals surface area contributed by atoms with Gasteiger partial charge in [0.25, 0.3) is 0 Å². The first kappa shape index (κ1) is 26.4. The summed E-state index contributed by atoms with van der Waals surface area (Å²) < 4.78 is 37.7. The maximum absolute atomic E-state index is 11.2. The van der Waals surface area contributed by atoms with E-state index in [1.165, 1.54) is 57.4 Å². The molecule has 0 bridgehead atoms. The Morgan fingerprint density at radius 1 is 0.900 bits per heavy atom. The summed E-state index contributed by atoms with van der Waals surface area (Å²) in [7, 11) is -2.33. The summed E-state index contributed by atoms with van der Waals surface area (Å²) in [5, 5.41) is 0. The molecule has 1 heterocycles. The zero-order valence-corrected chi connectivity index (χ0v) is 19.9. The van der Waals surface area contributed by atoms with E-state index in [4.69, 9.17) is 0 Å². The van der Waals surface area contributed by atoms with Gasteiger partial charge >= 0.3 is 0 Å². The lowest BCUT2D eigenvalue weighted by atomic mass is 10.0. The second-order valence-corrected chi connectivity index (χ2v) is 9.25. The van der Waals surface area contributed by atoms with Crippen LogP contribution < -0.4 is 4.57 Å². The Bertz CT molecular complexity index is 800. The molecule has 170 valence electrons. The maximum Gasteiger partial charge on any atom is 0.243 e. The third kappa shape index (κ3) is 11.5. The van der Waals surface area contributed by atoms with Crippen LogP contribution in [0.2, 0.25) is 0 Å². The number of unbranched alkanes of at least 4 members (excludes halogenated alkanes) is 9. The zero-order chi connectivity index (χ0) is 22.2. The Kier molecular flexibility index (Phi) is 13.4. The molecule has 0 aliphatic rings. The molecule has 0 aliphatic heterocycles. The van der Waals surface area contributed by atoms with Crippen molar-refractivity contribution in [3.05, 3.63) is 48.5 Å². The number of hydrogen-bond acceptors (Lipinski definition) is 3. The van der Waals surface area contributed by atoms with Gasteiger partial charge in [0.2, 0.25) is 6.33 Å². The van der Waals surface area contributed by atoms with Gasteiger partial charge in [-0.1, -0.05) is 82.9 Å². The normalized spacial score (nSPS) is 11.2. The molecule has 0 amide bonds. The minimum absolute atomic E-state index is 0.0501. The Hall–Kier alpha value is -1.66. The Balaban J connectivity index is 0.000000467. The molecule has 0 saturated carbocycles. The molecule has 0 aliphatic carbocycles. The minimum Gasteiger partial charge on any atom is -0.744 e. The van der Waals surface area contributed by atoms with Crippen molar-refractivity contribution in [3.8, 4) is 0 Å². The summed E-state index contributed by atoms with van der Waals surface area (Å²) in [6.07, 6.45) is 19.3. The highest BCUT2D eigenvalue weighted by atomic mass is 32.2. The summed E-state index contributed by atoms with van der Waals surface area (Å²) in [6.45, 7) is 5.41. The largest absolute Gasteiger partial charge is 0.744 e. The third-order valence-electron chi connectivity index (χ3n) is 5.23. The average molecular weight is 437 g/mol. The van der Waals surface area contributed by atoms with Gasteiger partial charge in [0, 0.05) is 0 Å². The first-order valence-corrected chi connectivity index (χ1v) is 12.8. The van der Waals surface area contributed by atoms with Crippen LogP contribution in [0.25, 0.3) is 0 Å². The van der Waals surface area contributed by atoms with E-state index >= 15 is 0 Å². The number of benzene rings is 1. The second-order valence-electron chi connectivity index (χ2n) is 7.90. The minimum atomic E-state index is -4.35. The predicted octanol–water partition coefficient (Wildman–Crippen LogP) is 5.39. The monoisotopic (exact) mass is 436 g/mol. The van der Waals surface area contributed by atoms with Crippen LogP contribution in [-0.4, -0.2) is 17.5 Å². The molecule has 0 fully saturated rings. The molecule has 6 heteroatoms. The SMILES string of the molecule is CCCCCCCCCCCCc1ccccc1S(=O)(=O)[O-].CCn1cc[n+](C)c1. The van der Waals surface area contributed by atoms with Crippen molar-refractivity contribution in [2.45, 2.75) is 95.9 Å². The molecule has 2 aromatic rings. The quantitative estimate of drug-likeness (QED) is 0.240. The van der Waals surface area contributed by atoms with Crippen LogP contribution in [0.1, 0.15) is 83.6 Å². The van der Waals surface area contributed by atoms with Gasteiger partial charge in [-0.25, -0.2) is 17.6 Å². The average Bonchev–Trinajstić information content (AvgIpc) is 3.15. The fourth-order valence-corrected chi connectivity index (χ4v) is 4.18. The number of hydrogen-bond donors (Lipinski definition) is 0.